The summed E-state index contributed by atoms with van der Waals surface area (Å²) >= 11 is 0. The van der Waals surface area contributed by atoms with E-state index in [0.717, 1.165) is 12.5 Å². The SMILES string of the molecule is C[Si](C)(C)O[Si](C)(CCCOC(CO)CO)O[Si](C)(C)C. The average molecular weight is 355 g/mol. The third kappa shape index (κ3) is 11.6. The van der Waals surface area contributed by atoms with Crippen LogP contribution >= 0.6 is 0 Å². The maximum absolute atomic E-state index is 8.98. The lowest BCUT2D eigenvalue weighted by molar-refractivity contribution is -0.0195. The molecule has 0 saturated heterocycles. The summed E-state index contributed by atoms with van der Waals surface area (Å²) in [5, 5.41) is 18.0. The largest absolute Gasteiger partial charge is 0.437 e. The van der Waals surface area contributed by atoms with Gasteiger partial charge in [0.05, 0.1) is 13.2 Å². The smallest absolute Gasteiger partial charge is 0.314 e. The van der Waals surface area contributed by atoms with Crippen LogP contribution in [0, 0.1) is 0 Å². The molecule has 0 aliphatic carbocycles. The highest BCUT2D eigenvalue weighted by molar-refractivity contribution is 6.87. The van der Waals surface area contributed by atoms with Crippen molar-refractivity contribution in [3.63, 3.8) is 0 Å². The first kappa shape index (κ1) is 21.5. The van der Waals surface area contributed by atoms with Gasteiger partial charge in [-0.3, -0.25) is 0 Å². The highest BCUT2D eigenvalue weighted by atomic mass is 28.5. The number of aliphatic hydroxyl groups excluding tert-OH is 2. The molecular weight excluding hydrogens is 320 g/mol. The molecule has 0 rings (SSSR count). The van der Waals surface area contributed by atoms with Crippen LogP contribution in [0.3, 0.4) is 0 Å². The molecule has 0 saturated carbocycles. The lowest BCUT2D eigenvalue weighted by Crippen LogP contribution is -2.52. The molecular formula is C13H34O5Si3. The molecule has 0 radical (unpaired) electrons. The molecule has 0 unspecified atom stereocenters. The first-order chi connectivity index (χ1) is 9.41. The molecule has 0 aliphatic rings. The van der Waals surface area contributed by atoms with Crippen LogP contribution in [-0.4, -0.2) is 61.3 Å². The summed E-state index contributed by atoms with van der Waals surface area (Å²) in [6, 6.07) is 0.880. The average Bonchev–Trinajstić information content (AvgIpc) is 2.24. The zero-order valence-electron chi connectivity index (χ0n) is 14.7. The summed E-state index contributed by atoms with van der Waals surface area (Å²) < 4.78 is 18.2. The number of ether oxygens (including phenoxy) is 1. The molecule has 0 amide bonds. The number of aliphatic hydroxyl groups is 2. The lowest BCUT2D eigenvalue weighted by Gasteiger charge is -2.38. The molecule has 2 N–H and O–H groups in total. The monoisotopic (exact) mass is 354 g/mol. The summed E-state index contributed by atoms with van der Waals surface area (Å²) in [7, 11) is -5.49. The molecule has 8 heteroatoms. The van der Waals surface area contributed by atoms with E-state index in [0.29, 0.717) is 6.61 Å². The third-order valence-electron chi connectivity index (χ3n) is 2.58. The van der Waals surface area contributed by atoms with Crippen molar-refractivity contribution < 1.29 is 23.2 Å². The Morgan fingerprint density at radius 1 is 0.810 bits per heavy atom. The van der Waals surface area contributed by atoms with Gasteiger partial charge in [0.15, 0.2) is 16.6 Å². The van der Waals surface area contributed by atoms with E-state index in [2.05, 4.69) is 45.8 Å². The van der Waals surface area contributed by atoms with E-state index in [4.69, 9.17) is 23.2 Å². The second kappa shape index (κ2) is 8.92. The molecule has 0 aromatic carbocycles. The van der Waals surface area contributed by atoms with E-state index >= 15 is 0 Å². The van der Waals surface area contributed by atoms with Crippen molar-refractivity contribution in [2.75, 3.05) is 19.8 Å². The fourth-order valence-corrected chi connectivity index (χ4v) is 14.7. The summed E-state index contributed by atoms with van der Waals surface area (Å²) in [6.45, 7) is 15.5. The summed E-state index contributed by atoms with van der Waals surface area (Å²) in [5.74, 6) is 0. The van der Waals surface area contributed by atoms with Gasteiger partial charge in [-0.25, -0.2) is 0 Å². The highest BCUT2D eigenvalue weighted by Crippen LogP contribution is 2.25. The van der Waals surface area contributed by atoms with Gasteiger partial charge in [-0.05, 0) is 58.3 Å². The van der Waals surface area contributed by atoms with Gasteiger partial charge in [0, 0.05) is 6.61 Å². The predicted molar refractivity (Wildman–Crippen MR) is 93.8 cm³/mol. The molecule has 0 atom stereocenters. The Kier molecular flexibility index (Phi) is 9.11. The summed E-state index contributed by atoms with van der Waals surface area (Å²) in [6.07, 6.45) is 0.350. The standard InChI is InChI=1S/C13H34O5Si3/c1-19(2,3)17-21(7,18-20(4,5)6)10-8-9-16-13(11-14)12-15/h13-15H,8-12H2,1-7H3. The second-order valence-corrected chi connectivity index (χ2v) is 20.4. The molecule has 0 heterocycles. The topological polar surface area (TPSA) is 68.2 Å². The van der Waals surface area contributed by atoms with Gasteiger partial charge < -0.3 is 23.2 Å². The van der Waals surface area contributed by atoms with E-state index in [1.54, 1.807) is 0 Å². The minimum absolute atomic E-state index is 0.151. The molecule has 0 spiro atoms. The first-order valence-corrected chi connectivity index (χ1v) is 17.0. The molecule has 0 aromatic rings. The number of rotatable bonds is 11. The minimum atomic E-state index is -2.19. The fraction of sp³-hybridized carbons (Fsp3) is 1.00. The van der Waals surface area contributed by atoms with E-state index in [-0.39, 0.29) is 13.2 Å². The molecule has 0 bridgehead atoms. The van der Waals surface area contributed by atoms with Crippen molar-refractivity contribution in [3.05, 3.63) is 0 Å². The highest BCUT2D eigenvalue weighted by Gasteiger charge is 2.39. The van der Waals surface area contributed by atoms with Crippen LogP contribution in [0.2, 0.25) is 51.9 Å². The molecule has 0 aromatic heterocycles. The maximum atomic E-state index is 8.98. The van der Waals surface area contributed by atoms with Crippen molar-refractivity contribution in [2.45, 2.75) is 64.4 Å². The molecule has 0 fully saturated rings. The Hall–Kier alpha value is 0.451. The van der Waals surface area contributed by atoms with Crippen molar-refractivity contribution in [2.24, 2.45) is 0 Å². The van der Waals surface area contributed by atoms with Gasteiger partial charge >= 0.3 is 8.56 Å². The molecule has 21 heavy (non-hydrogen) atoms. The Labute approximate surface area is 133 Å². The second-order valence-electron chi connectivity index (χ2n) is 7.52. The molecule has 128 valence electrons. The van der Waals surface area contributed by atoms with Gasteiger partial charge in [-0.1, -0.05) is 0 Å². The predicted octanol–water partition coefficient (Wildman–Crippen LogP) is 2.52. The van der Waals surface area contributed by atoms with Crippen LogP contribution in [0.15, 0.2) is 0 Å². The van der Waals surface area contributed by atoms with Crippen LogP contribution < -0.4 is 0 Å². The first-order valence-electron chi connectivity index (χ1n) is 7.64. The van der Waals surface area contributed by atoms with E-state index in [9.17, 15) is 0 Å². The zero-order chi connectivity index (χ0) is 16.7. The molecule has 0 aliphatic heterocycles. The normalized spacial score (nSPS) is 14.0. The minimum Gasteiger partial charge on any atom is -0.437 e. The van der Waals surface area contributed by atoms with Gasteiger partial charge in [-0.2, -0.15) is 0 Å². The van der Waals surface area contributed by atoms with Gasteiger partial charge in [0.2, 0.25) is 0 Å². The van der Waals surface area contributed by atoms with Crippen molar-refractivity contribution >= 4 is 25.2 Å². The number of hydrogen-bond acceptors (Lipinski definition) is 5. The Balaban J connectivity index is 4.48. The maximum Gasteiger partial charge on any atom is 0.314 e. The summed E-state index contributed by atoms with van der Waals surface area (Å²) in [4.78, 5) is 0. The zero-order valence-corrected chi connectivity index (χ0v) is 17.7. The van der Waals surface area contributed by atoms with Crippen LogP contribution in [0.1, 0.15) is 6.42 Å². The lowest BCUT2D eigenvalue weighted by atomic mass is 10.4. The summed E-state index contributed by atoms with van der Waals surface area (Å²) in [5.41, 5.74) is 0. The van der Waals surface area contributed by atoms with Crippen LogP contribution in [0.4, 0.5) is 0 Å². The van der Waals surface area contributed by atoms with Crippen LogP contribution in [0.25, 0.3) is 0 Å². The third-order valence-corrected chi connectivity index (χ3v) is 12.2. The van der Waals surface area contributed by atoms with Crippen molar-refractivity contribution in [1.82, 2.24) is 0 Å². The van der Waals surface area contributed by atoms with E-state index in [1.807, 2.05) is 0 Å². The quantitative estimate of drug-likeness (QED) is 0.441. The fourth-order valence-electron chi connectivity index (χ4n) is 2.22. The van der Waals surface area contributed by atoms with Crippen molar-refractivity contribution in [3.8, 4) is 0 Å². The van der Waals surface area contributed by atoms with Crippen LogP contribution in [-0.2, 0) is 13.0 Å². The van der Waals surface area contributed by atoms with E-state index < -0.39 is 31.3 Å². The van der Waals surface area contributed by atoms with Gasteiger partial charge in [0.1, 0.15) is 6.10 Å². The van der Waals surface area contributed by atoms with E-state index in [1.165, 1.54) is 0 Å². The van der Waals surface area contributed by atoms with Gasteiger partial charge in [0.25, 0.3) is 0 Å². The Morgan fingerprint density at radius 2 is 1.24 bits per heavy atom. The molecule has 5 nitrogen and oxygen atoms in total. The van der Waals surface area contributed by atoms with Crippen LogP contribution in [0.5, 0.6) is 0 Å². The number of hydrogen-bond donors (Lipinski definition) is 2. The van der Waals surface area contributed by atoms with Gasteiger partial charge in [-0.15, -0.1) is 0 Å². The Bertz CT molecular complexity index is 269. The van der Waals surface area contributed by atoms with Crippen molar-refractivity contribution in [1.29, 1.82) is 0 Å². The Morgan fingerprint density at radius 3 is 1.57 bits per heavy atom.